The van der Waals surface area contributed by atoms with Crippen LogP contribution in [0.15, 0.2) is 0 Å². The van der Waals surface area contributed by atoms with Gasteiger partial charge in [0.1, 0.15) is 0 Å². The van der Waals surface area contributed by atoms with E-state index in [0.717, 1.165) is 11.5 Å². The largest absolute Gasteiger partial charge is 0.466 e. The predicted molar refractivity (Wildman–Crippen MR) is 62.5 cm³/mol. The number of esters is 1. The summed E-state index contributed by atoms with van der Waals surface area (Å²) in [5.41, 5.74) is 6.10. The first-order chi connectivity index (χ1) is 6.56. The van der Waals surface area contributed by atoms with E-state index in [-0.39, 0.29) is 16.1 Å². The summed E-state index contributed by atoms with van der Waals surface area (Å²) in [5.74, 6) is 2.00. The van der Waals surface area contributed by atoms with Gasteiger partial charge in [-0.25, -0.2) is 0 Å². The molecule has 0 unspecified atom stereocenters. The minimum atomic E-state index is -0.296. The molecule has 82 valence electrons. The van der Waals surface area contributed by atoms with Crippen molar-refractivity contribution in [2.75, 3.05) is 18.1 Å². The number of hydrogen-bond donors (Lipinski definition) is 1. The van der Waals surface area contributed by atoms with Gasteiger partial charge < -0.3 is 10.5 Å². The van der Waals surface area contributed by atoms with E-state index in [4.69, 9.17) is 10.5 Å². The van der Waals surface area contributed by atoms with Crippen molar-refractivity contribution in [3.05, 3.63) is 0 Å². The van der Waals surface area contributed by atoms with Gasteiger partial charge in [-0.15, -0.1) is 11.8 Å². The molecule has 1 aliphatic heterocycles. The van der Waals surface area contributed by atoms with Crippen molar-refractivity contribution in [1.82, 2.24) is 0 Å². The number of rotatable bonds is 3. The summed E-state index contributed by atoms with van der Waals surface area (Å²) in [6.07, 6.45) is 0.429. The minimum absolute atomic E-state index is 0.135. The normalized spacial score (nSPS) is 32.6. The molecular formula is C9H17NO2S2. The maximum atomic E-state index is 11.3. The molecule has 1 fully saturated rings. The number of nitrogens with two attached hydrogens (primary N) is 1. The van der Waals surface area contributed by atoms with Crippen molar-refractivity contribution in [2.45, 2.75) is 30.4 Å². The fraction of sp³-hybridized carbons (Fsp3) is 0.889. The molecule has 1 aliphatic rings. The van der Waals surface area contributed by atoms with Gasteiger partial charge in [-0.2, -0.15) is 11.8 Å². The third-order valence-corrected chi connectivity index (χ3v) is 5.33. The highest BCUT2D eigenvalue weighted by Gasteiger charge is 2.35. The van der Waals surface area contributed by atoms with Gasteiger partial charge in [-0.3, -0.25) is 4.79 Å². The molecule has 3 nitrogen and oxygen atoms in total. The van der Waals surface area contributed by atoms with Gasteiger partial charge >= 0.3 is 5.97 Å². The molecule has 0 saturated carbocycles. The number of carbonyl (C=O) groups is 1. The summed E-state index contributed by atoms with van der Waals surface area (Å²) in [6.45, 7) is 4.26. The van der Waals surface area contributed by atoms with E-state index in [2.05, 4.69) is 0 Å². The van der Waals surface area contributed by atoms with Crippen molar-refractivity contribution in [3.8, 4) is 0 Å². The molecule has 1 saturated heterocycles. The first-order valence-corrected chi connectivity index (χ1v) is 6.79. The van der Waals surface area contributed by atoms with E-state index in [1.807, 2.05) is 13.8 Å². The van der Waals surface area contributed by atoms with Gasteiger partial charge in [-0.05, 0) is 13.8 Å². The molecule has 2 N–H and O–H groups in total. The third-order valence-electron chi connectivity index (χ3n) is 2.11. The molecule has 14 heavy (non-hydrogen) atoms. The Hall–Kier alpha value is 0.130. The van der Waals surface area contributed by atoms with Gasteiger partial charge in [-0.1, -0.05) is 0 Å². The number of hydrogen-bond acceptors (Lipinski definition) is 5. The molecule has 1 rings (SSSR count). The van der Waals surface area contributed by atoms with Crippen LogP contribution in [0.5, 0.6) is 0 Å². The lowest BCUT2D eigenvalue weighted by Gasteiger charge is -2.36. The Morgan fingerprint density at radius 1 is 1.64 bits per heavy atom. The number of ether oxygens (including phenoxy) is 1. The monoisotopic (exact) mass is 235 g/mol. The van der Waals surface area contributed by atoms with Crippen molar-refractivity contribution in [1.29, 1.82) is 0 Å². The molecule has 1 heterocycles. The fourth-order valence-corrected chi connectivity index (χ4v) is 4.05. The average Bonchev–Trinajstić information content (AvgIpc) is 2.09. The van der Waals surface area contributed by atoms with Crippen LogP contribution in [-0.2, 0) is 9.53 Å². The topological polar surface area (TPSA) is 52.3 Å². The van der Waals surface area contributed by atoms with Gasteiger partial charge in [0.05, 0.1) is 17.9 Å². The molecule has 0 amide bonds. The van der Waals surface area contributed by atoms with Crippen LogP contribution in [0, 0.1) is 0 Å². The Bertz CT molecular complexity index is 209. The Morgan fingerprint density at radius 3 is 2.93 bits per heavy atom. The van der Waals surface area contributed by atoms with E-state index < -0.39 is 0 Å². The quantitative estimate of drug-likeness (QED) is 0.751. The zero-order chi connectivity index (χ0) is 10.6. The molecule has 0 aromatic rings. The molecule has 0 bridgehead atoms. The van der Waals surface area contributed by atoms with Crippen LogP contribution in [0.4, 0.5) is 0 Å². The maximum Gasteiger partial charge on any atom is 0.307 e. The van der Waals surface area contributed by atoms with Crippen LogP contribution in [0.3, 0.4) is 0 Å². The van der Waals surface area contributed by atoms with Crippen LogP contribution in [0.1, 0.15) is 20.3 Å². The molecule has 5 heteroatoms. The highest BCUT2D eigenvalue weighted by Crippen LogP contribution is 2.38. The summed E-state index contributed by atoms with van der Waals surface area (Å²) in [4.78, 5) is 11.0. The average molecular weight is 235 g/mol. The van der Waals surface area contributed by atoms with Crippen molar-refractivity contribution in [2.24, 2.45) is 5.73 Å². The predicted octanol–water partition coefficient (Wildman–Crippen LogP) is 1.46. The standard InChI is InChI=1S/C9H17NO2S2/c1-3-12-8(11)6-7-9(2,10)14-5-4-13-7/h7H,3-6,10H2,1-2H3/t7-,9-/m1/s1. The Kier molecular flexibility index (Phi) is 4.60. The Balaban J connectivity index is 2.45. The first-order valence-electron chi connectivity index (χ1n) is 4.76. The number of thioether (sulfide) groups is 2. The molecule has 0 spiro atoms. The Morgan fingerprint density at radius 2 is 2.36 bits per heavy atom. The van der Waals surface area contributed by atoms with Crippen LogP contribution >= 0.6 is 23.5 Å². The van der Waals surface area contributed by atoms with E-state index in [1.54, 1.807) is 23.5 Å². The lowest BCUT2D eigenvalue weighted by Crippen LogP contribution is -2.47. The van der Waals surface area contributed by atoms with Crippen LogP contribution in [-0.4, -0.2) is 34.2 Å². The van der Waals surface area contributed by atoms with Crippen molar-refractivity contribution < 1.29 is 9.53 Å². The molecular weight excluding hydrogens is 218 g/mol. The second-order valence-corrected chi connectivity index (χ2v) is 6.29. The fourth-order valence-electron chi connectivity index (χ4n) is 1.34. The summed E-state index contributed by atoms with van der Waals surface area (Å²) in [5, 5.41) is 0.181. The smallest absolute Gasteiger partial charge is 0.307 e. The van der Waals surface area contributed by atoms with Crippen LogP contribution < -0.4 is 5.73 Å². The molecule has 0 radical (unpaired) electrons. The zero-order valence-electron chi connectivity index (χ0n) is 8.62. The number of carbonyl (C=O) groups excluding carboxylic acids is 1. The summed E-state index contributed by atoms with van der Waals surface area (Å²) >= 11 is 3.52. The van der Waals surface area contributed by atoms with Crippen LogP contribution in [0.25, 0.3) is 0 Å². The van der Waals surface area contributed by atoms with Gasteiger partial charge in [0.15, 0.2) is 0 Å². The van der Waals surface area contributed by atoms with E-state index >= 15 is 0 Å². The van der Waals surface area contributed by atoms with Gasteiger partial charge in [0.2, 0.25) is 0 Å². The summed E-state index contributed by atoms with van der Waals surface area (Å²) in [6, 6.07) is 0. The minimum Gasteiger partial charge on any atom is -0.466 e. The summed E-state index contributed by atoms with van der Waals surface area (Å²) in [7, 11) is 0. The highest BCUT2D eigenvalue weighted by atomic mass is 32.2. The second kappa shape index (κ2) is 5.28. The van der Waals surface area contributed by atoms with Crippen molar-refractivity contribution in [3.63, 3.8) is 0 Å². The van der Waals surface area contributed by atoms with E-state index in [1.165, 1.54) is 0 Å². The van der Waals surface area contributed by atoms with Gasteiger partial charge in [0, 0.05) is 16.8 Å². The molecule has 2 atom stereocenters. The summed E-state index contributed by atoms with van der Waals surface area (Å²) < 4.78 is 4.92. The van der Waals surface area contributed by atoms with Gasteiger partial charge in [0.25, 0.3) is 0 Å². The lowest BCUT2D eigenvalue weighted by atomic mass is 10.2. The Labute approximate surface area is 93.5 Å². The lowest BCUT2D eigenvalue weighted by molar-refractivity contribution is -0.143. The SMILES string of the molecule is CCOC(=O)C[C@H]1SCCS[C@@]1(C)N. The molecule has 0 aromatic heterocycles. The highest BCUT2D eigenvalue weighted by molar-refractivity contribution is 8.07. The van der Waals surface area contributed by atoms with Crippen molar-refractivity contribution >= 4 is 29.5 Å². The van der Waals surface area contributed by atoms with E-state index in [0.29, 0.717) is 13.0 Å². The zero-order valence-corrected chi connectivity index (χ0v) is 10.2. The van der Waals surface area contributed by atoms with Crippen LogP contribution in [0.2, 0.25) is 0 Å². The maximum absolute atomic E-state index is 11.3. The van der Waals surface area contributed by atoms with E-state index in [9.17, 15) is 4.79 Å². The first kappa shape index (κ1) is 12.2. The molecule has 0 aromatic carbocycles. The molecule has 0 aliphatic carbocycles. The second-order valence-electron chi connectivity index (χ2n) is 3.40. The third kappa shape index (κ3) is 3.37.